The van der Waals surface area contributed by atoms with Gasteiger partial charge in [0.1, 0.15) is 0 Å². The van der Waals surface area contributed by atoms with E-state index in [2.05, 4.69) is 39.0 Å². The van der Waals surface area contributed by atoms with E-state index in [9.17, 15) is 0 Å². The molecule has 2 rings (SSSR count). The Morgan fingerprint density at radius 1 is 1.00 bits per heavy atom. The highest BCUT2D eigenvalue weighted by Gasteiger charge is 2.21. The summed E-state index contributed by atoms with van der Waals surface area (Å²) >= 11 is 12.3. The zero-order valence-electron chi connectivity index (χ0n) is 12.7. The third-order valence-corrected chi connectivity index (χ3v) is 4.50. The number of rotatable bonds is 3. The zero-order valence-corrected chi connectivity index (χ0v) is 14.2. The molecule has 0 heterocycles. The van der Waals surface area contributed by atoms with Crippen LogP contribution >= 0.6 is 23.2 Å². The molecule has 0 aliphatic heterocycles. The number of nitrogens with two attached hydrogens (primary N) is 1. The molecule has 1 atom stereocenters. The molecule has 1 nitrogen and oxygen atoms in total. The van der Waals surface area contributed by atoms with Crippen molar-refractivity contribution in [3.8, 4) is 0 Å². The van der Waals surface area contributed by atoms with Crippen molar-refractivity contribution in [3.63, 3.8) is 0 Å². The smallest absolute Gasteiger partial charge is 0.0624 e. The minimum absolute atomic E-state index is 0.0618. The monoisotopic (exact) mass is 321 g/mol. The van der Waals surface area contributed by atoms with E-state index in [-0.39, 0.29) is 11.5 Å². The zero-order chi connectivity index (χ0) is 15.6. The van der Waals surface area contributed by atoms with Crippen molar-refractivity contribution in [2.75, 3.05) is 0 Å². The normalized spacial score (nSPS) is 13.2. The van der Waals surface area contributed by atoms with Crippen LogP contribution in [0.15, 0.2) is 42.5 Å². The second-order valence-corrected chi connectivity index (χ2v) is 7.15. The minimum atomic E-state index is -0.101. The molecule has 2 N–H and O–H groups in total. The first-order valence-corrected chi connectivity index (χ1v) is 7.84. The first-order chi connectivity index (χ1) is 9.80. The van der Waals surface area contributed by atoms with Gasteiger partial charge in [-0.05, 0) is 34.6 Å². The number of hydrogen-bond donors (Lipinski definition) is 1. The Morgan fingerprint density at radius 3 is 2.33 bits per heavy atom. The van der Waals surface area contributed by atoms with Crippen LogP contribution in [0.4, 0.5) is 0 Å². The summed E-state index contributed by atoms with van der Waals surface area (Å²) in [5, 5.41) is 1.17. The quantitative estimate of drug-likeness (QED) is 0.789. The van der Waals surface area contributed by atoms with Crippen LogP contribution in [0, 0.1) is 0 Å². The lowest BCUT2D eigenvalue weighted by atomic mass is 9.81. The van der Waals surface area contributed by atoms with E-state index in [0.29, 0.717) is 16.5 Å². The average molecular weight is 322 g/mol. The Balaban J connectivity index is 2.33. The molecule has 2 aromatic carbocycles. The van der Waals surface area contributed by atoms with E-state index in [1.807, 2.05) is 18.2 Å². The van der Waals surface area contributed by atoms with E-state index in [4.69, 9.17) is 28.9 Å². The molecule has 0 aliphatic carbocycles. The number of halogens is 2. The van der Waals surface area contributed by atoms with Crippen LogP contribution in [0.25, 0.3) is 0 Å². The molecule has 1 unspecified atom stereocenters. The molecule has 2 aromatic rings. The van der Waals surface area contributed by atoms with Crippen molar-refractivity contribution in [3.05, 3.63) is 69.2 Å². The molecule has 0 fully saturated rings. The largest absolute Gasteiger partial charge is 0.324 e. The maximum absolute atomic E-state index is 6.44. The summed E-state index contributed by atoms with van der Waals surface area (Å²) in [7, 11) is 0. The van der Waals surface area contributed by atoms with Gasteiger partial charge < -0.3 is 5.73 Å². The molecular weight excluding hydrogens is 301 g/mol. The van der Waals surface area contributed by atoms with Crippen molar-refractivity contribution in [1.29, 1.82) is 0 Å². The van der Waals surface area contributed by atoms with Crippen LogP contribution in [0.3, 0.4) is 0 Å². The second kappa shape index (κ2) is 6.39. The van der Waals surface area contributed by atoms with Crippen molar-refractivity contribution in [2.45, 2.75) is 38.6 Å². The van der Waals surface area contributed by atoms with Crippen LogP contribution < -0.4 is 5.73 Å². The Bertz CT molecular complexity index is 629. The highest BCUT2D eigenvalue weighted by Crippen LogP contribution is 2.32. The van der Waals surface area contributed by atoms with E-state index in [1.165, 1.54) is 11.1 Å². The van der Waals surface area contributed by atoms with Gasteiger partial charge in [0.25, 0.3) is 0 Å². The van der Waals surface area contributed by atoms with Crippen LogP contribution in [0.5, 0.6) is 0 Å². The SMILES string of the molecule is CC(C)(C)c1ccccc1C(N)Cc1cccc(Cl)c1Cl. The van der Waals surface area contributed by atoms with Gasteiger partial charge in [-0.2, -0.15) is 0 Å². The highest BCUT2D eigenvalue weighted by atomic mass is 35.5. The van der Waals surface area contributed by atoms with Gasteiger partial charge in [-0.3, -0.25) is 0 Å². The van der Waals surface area contributed by atoms with Crippen molar-refractivity contribution in [1.82, 2.24) is 0 Å². The third kappa shape index (κ3) is 3.79. The van der Waals surface area contributed by atoms with Gasteiger partial charge in [0.05, 0.1) is 10.0 Å². The number of benzene rings is 2. The summed E-state index contributed by atoms with van der Waals surface area (Å²) in [5.74, 6) is 0. The number of hydrogen-bond acceptors (Lipinski definition) is 1. The summed E-state index contributed by atoms with van der Waals surface area (Å²) in [4.78, 5) is 0. The van der Waals surface area contributed by atoms with Crippen molar-refractivity contribution < 1.29 is 0 Å². The fraction of sp³-hybridized carbons (Fsp3) is 0.333. The summed E-state index contributed by atoms with van der Waals surface area (Å²) in [5.41, 5.74) is 9.93. The van der Waals surface area contributed by atoms with Crippen LogP contribution in [-0.2, 0) is 11.8 Å². The molecule has 0 bridgehead atoms. The summed E-state index contributed by atoms with van der Waals surface area (Å²) in [6.07, 6.45) is 0.673. The van der Waals surface area contributed by atoms with Gasteiger partial charge in [0.2, 0.25) is 0 Å². The fourth-order valence-electron chi connectivity index (χ4n) is 2.56. The first-order valence-electron chi connectivity index (χ1n) is 7.08. The molecule has 0 saturated carbocycles. The predicted molar refractivity (Wildman–Crippen MR) is 92.2 cm³/mol. The molecule has 0 radical (unpaired) electrons. The molecule has 0 aliphatic rings. The minimum Gasteiger partial charge on any atom is -0.324 e. The van der Waals surface area contributed by atoms with Crippen molar-refractivity contribution >= 4 is 23.2 Å². The van der Waals surface area contributed by atoms with Gasteiger partial charge in [0, 0.05) is 6.04 Å². The lowest BCUT2D eigenvalue weighted by Gasteiger charge is -2.26. The summed E-state index contributed by atoms with van der Waals surface area (Å²) in [6.45, 7) is 6.60. The van der Waals surface area contributed by atoms with Crippen LogP contribution in [0.2, 0.25) is 10.0 Å². The Morgan fingerprint density at radius 2 is 1.67 bits per heavy atom. The first kappa shape index (κ1) is 16.4. The Labute approximate surface area is 137 Å². The highest BCUT2D eigenvalue weighted by molar-refractivity contribution is 6.42. The van der Waals surface area contributed by atoms with Gasteiger partial charge in [-0.1, -0.05) is 80.4 Å². The van der Waals surface area contributed by atoms with Gasteiger partial charge in [-0.15, -0.1) is 0 Å². The predicted octanol–water partition coefficient (Wildman–Crippen LogP) is 5.53. The molecule has 0 saturated heterocycles. The molecule has 112 valence electrons. The second-order valence-electron chi connectivity index (χ2n) is 6.36. The maximum Gasteiger partial charge on any atom is 0.0624 e. The lowest BCUT2D eigenvalue weighted by Crippen LogP contribution is -2.21. The molecule has 0 amide bonds. The van der Waals surface area contributed by atoms with E-state index in [0.717, 1.165) is 5.56 Å². The van der Waals surface area contributed by atoms with Gasteiger partial charge in [0.15, 0.2) is 0 Å². The standard InChI is InChI=1S/C18H21Cl2N/c1-18(2,3)14-9-5-4-8-13(14)16(21)11-12-7-6-10-15(19)17(12)20/h4-10,16H,11,21H2,1-3H3. The summed E-state index contributed by atoms with van der Waals surface area (Å²) < 4.78 is 0. The van der Waals surface area contributed by atoms with E-state index < -0.39 is 0 Å². The molecule has 21 heavy (non-hydrogen) atoms. The molecule has 0 aromatic heterocycles. The average Bonchev–Trinajstić information content (AvgIpc) is 2.43. The topological polar surface area (TPSA) is 26.0 Å². The molecular formula is C18H21Cl2N. The fourth-order valence-corrected chi connectivity index (χ4v) is 2.95. The third-order valence-electron chi connectivity index (χ3n) is 3.64. The van der Waals surface area contributed by atoms with Crippen molar-refractivity contribution in [2.24, 2.45) is 5.73 Å². The Hall–Kier alpha value is -1.02. The van der Waals surface area contributed by atoms with E-state index >= 15 is 0 Å². The maximum atomic E-state index is 6.44. The summed E-state index contributed by atoms with van der Waals surface area (Å²) in [6, 6.07) is 13.9. The van der Waals surface area contributed by atoms with Gasteiger partial charge >= 0.3 is 0 Å². The lowest BCUT2D eigenvalue weighted by molar-refractivity contribution is 0.568. The molecule has 0 spiro atoms. The van der Waals surface area contributed by atoms with Crippen LogP contribution in [0.1, 0.15) is 43.5 Å². The Kier molecular flexibility index (Phi) is 4.98. The van der Waals surface area contributed by atoms with Crippen LogP contribution in [-0.4, -0.2) is 0 Å². The van der Waals surface area contributed by atoms with Gasteiger partial charge in [-0.25, -0.2) is 0 Å². The van der Waals surface area contributed by atoms with E-state index in [1.54, 1.807) is 6.07 Å². The molecule has 3 heteroatoms.